The summed E-state index contributed by atoms with van der Waals surface area (Å²) in [7, 11) is 0. The highest BCUT2D eigenvalue weighted by atomic mass is 19.1. The number of hydrogen-bond donors (Lipinski definition) is 0. The van der Waals surface area contributed by atoms with E-state index in [-0.39, 0.29) is 11.7 Å². The maximum atomic E-state index is 12.8. The summed E-state index contributed by atoms with van der Waals surface area (Å²) in [5.74, 6) is -1.11. The molecule has 1 aromatic rings. The molecule has 2 rings (SSSR count). The van der Waals surface area contributed by atoms with Gasteiger partial charge in [0, 0.05) is 12.3 Å². The summed E-state index contributed by atoms with van der Waals surface area (Å²) >= 11 is 0. The van der Waals surface area contributed by atoms with E-state index in [2.05, 4.69) is 4.98 Å². The van der Waals surface area contributed by atoms with Gasteiger partial charge in [-0.15, -0.1) is 0 Å². The minimum Gasteiger partial charge on any atom is -0.459 e. The first-order valence-electron chi connectivity index (χ1n) is 5.58. The second-order valence-corrected chi connectivity index (χ2v) is 4.03. The van der Waals surface area contributed by atoms with Crippen molar-refractivity contribution in [3.05, 3.63) is 29.8 Å². The van der Waals surface area contributed by atoms with Crippen LogP contribution >= 0.6 is 0 Å². The Morgan fingerprint density at radius 1 is 1.38 bits per heavy atom. The average Bonchev–Trinajstić information content (AvgIpc) is 2.30. The van der Waals surface area contributed by atoms with Crippen LogP contribution in [-0.4, -0.2) is 17.1 Å². The Morgan fingerprint density at radius 3 is 2.81 bits per heavy atom. The molecule has 0 unspecified atom stereocenters. The van der Waals surface area contributed by atoms with Crippen LogP contribution in [0.2, 0.25) is 0 Å². The summed E-state index contributed by atoms with van der Waals surface area (Å²) in [6, 6.07) is 2.57. The Balaban J connectivity index is 1.97. The Morgan fingerprint density at radius 2 is 2.12 bits per heavy atom. The van der Waals surface area contributed by atoms with Crippen molar-refractivity contribution in [2.75, 3.05) is 0 Å². The Labute approximate surface area is 93.6 Å². The number of nitrogens with zero attached hydrogens (tertiary/aromatic N) is 1. The van der Waals surface area contributed by atoms with Crippen LogP contribution < -0.4 is 0 Å². The monoisotopic (exact) mass is 223 g/mol. The van der Waals surface area contributed by atoms with Crippen LogP contribution in [0.25, 0.3) is 0 Å². The molecule has 16 heavy (non-hydrogen) atoms. The largest absolute Gasteiger partial charge is 0.459 e. The van der Waals surface area contributed by atoms with E-state index < -0.39 is 11.9 Å². The van der Waals surface area contributed by atoms with Gasteiger partial charge in [-0.2, -0.15) is 4.39 Å². The van der Waals surface area contributed by atoms with E-state index >= 15 is 0 Å². The topological polar surface area (TPSA) is 39.2 Å². The molecule has 0 amide bonds. The fourth-order valence-corrected chi connectivity index (χ4v) is 1.93. The molecule has 0 saturated heterocycles. The lowest BCUT2D eigenvalue weighted by atomic mass is 9.98. The summed E-state index contributed by atoms with van der Waals surface area (Å²) in [5.41, 5.74) is 0.234. The van der Waals surface area contributed by atoms with Crippen molar-refractivity contribution in [3.8, 4) is 0 Å². The normalized spacial score (nSPS) is 17.1. The third-order valence-corrected chi connectivity index (χ3v) is 2.79. The number of carbonyl (C=O) groups excluding carboxylic acids is 1. The number of carbonyl (C=O) groups is 1. The molecule has 1 aliphatic carbocycles. The molecule has 0 bridgehead atoms. The number of aromatic nitrogens is 1. The molecule has 0 aromatic carbocycles. The van der Waals surface area contributed by atoms with Gasteiger partial charge in [-0.3, -0.25) is 0 Å². The number of esters is 1. The summed E-state index contributed by atoms with van der Waals surface area (Å²) in [4.78, 5) is 15.0. The van der Waals surface area contributed by atoms with E-state index in [1.54, 1.807) is 0 Å². The maximum absolute atomic E-state index is 12.8. The summed E-state index contributed by atoms with van der Waals surface area (Å²) in [6.07, 6.45) is 6.51. The van der Waals surface area contributed by atoms with Gasteiger partial charge in [0.15, 0.2) is 0 Å². The molecule has 1 aromatic heterocycles. The lowest BCUT2D eigenvalue weighted by Gasteiger charge is -2.21. The van der Waals surface area contributed by atoms with Gasteiger partial charge in [0.25, 0.3) is 0 Å². The van der Waals surface area contributed by atoms with Crippen molar-refractivity contribution in [2.45, 2.75) is 38.2 Å². The summed E-state index contributed by atoms with van der Waals surface area (Å²) < 4.78 is 18.1. The van der Waals surface area contributed by atoms with Gasteiger partial charge < -0.3 is 4.74 Å². The third kappa shape index (κ3) is 2.78. The van der Waals surface area contributed by atoms with E-state index in [9.17, 15) is 9.18 Å². The zero-order valence-electron chi connectivity index (χ0n) is 8.99. The molecule has 0 spiro atoms. The Kier molecular flexibility index (Phi) is 3.49. The quantitative estimate of drug-likeness (QED) is 0.571. The minimum atomic E-state index is -0.655. The highest BCUT2D eigenvalue weighted by Crippen LogP contribution is 2.21. The van der Waals surface area contributed by atoms with Crippen LogP contribution in [-0.2, 0) is 4.74 Å². The van der Waals surface area contributed by atoms with Gasteiger partial charge in [0.2, 0.25) is 5.95 Å². The number of ether oxygens (including phenoxy) is 1. The van der Waals surface area contributed by atoms with E-state index in [0.29, 0.717) is 0 Å². The van der Waals surface area contributed by atoms with Crippen molar-refractivity contribution in [1.82, 2.24) is 4.98 Å². The number of pyridine rings is 1. The van der Waals surface area contributed by atoms with Crippen LogP contribution in [0.5, 0.6) is 0 Å². The molecule has 0 N–H and O–H groups in total. The predicted octanol–water partition coefficient (Wildman–Crippen LogP) is 2.71. The Hall–Kier alpha value is -1.45. The first-order chi connectivity index (χ1) is 7.75. The van der Waals surface area contributed by atoms with Gasteiger partial charge in [-0.25, -0.2) is 9.78 Å². The summed E-state index contributed by atoms with van der Waals surface area (Å²) in [6.45, 7) is 0. The Bertz CT molecular complexity index is 375. The maximum Gasteiger partial charge on any atom is 0.338 e. The second kappa shape index (κ2) is 5.05. The minimum absolute atomic E-state index is 0.00234. The van der Waals surface area contributed by atoms with Crippen LogP contribution in [0.15, 0.2) is 18.3 Å². The van der Waals surface area contributed by atoms with Crippen LogP contribution in [0.1, 0.15) is 42.5 Å². The van der Waals surface area contributed by atoms with Gasteiger partial charge in [-0.1, -0.05) is 6.42 Å². The number of rotatable bonds is 2. The van der Waals surface area contributed by atoms with Crippen molar-refractivity contribution in [1.29, 1.82) is 0 Å². The summed E-state index contributed by atoms with van der Waals surface area (Å²) in [5, 5.41) is 0. The van der Waals surface area contributed by atoms with E-state index in [4.69, 9.17) is 4.74 Å². The molecule has 1 fully saturated rings. The standard InChI is InChI=1S/C12H14FNO2/c13-11-8-9(6-7-14-11)12(15)16-10-4-2-1-3-5-10/h6-8,10H,1-5H2. The smallest absolute Gasteiger partial charge is 0.338 e. The van der Waals surface area contributed by atoms with Gasteiger partial charge in [-0.05, 0) is 31.7 Å². The van der Waals surface area contributed by atoms with Crippen molar-refractivity contribution in [2.24, 2.45) is 0 Å². The first-order valence-corrected chi connectivity index (χ1v) is 5.58. The van der Waals surface area contributed by atoms with Gasteiger partial charge in [0.1, 0.15) is 6.10 Å². The van der Waals surface area contributed by atoms with E-state index in [1.807, 2.05) is 0 Å². The van der Waals surface area contributed by atoms with Crippen LogP contribution in [0.3, 0.4) is 0 Å². The highest BCUT2D eigenvalue weighted by molar-refractivity contribution is 5.89. The lowest BCUT2D eigenvalue weighted by Crippen LogP contribution is -2.21. The molecular formula is C12H14FNO2. The molecule has 0 aliphatic heterocycles. The zero-order chi connectivity index (χ0) is 11.4. The molecule has 86 valence electrons. The second-order valence-electron chi connectivity index (χ2n) is 4.03. The number of hydrogen-bond acceptors (Lipinski definition) is 3. The third-order valence-electron chi connectivity index (χ3n) is 2.79. The van der Waals surface area contributed by atoms with E-state index in [0.717, 1.165) is 31.7 Å². The molecule has 1 aliphatic rings. The fourth-order valence-electron chi connectivity index (χ4n) is 1.93. The first kappa shape index (κ1) is 11.0. The lowest BCUT2D eigenvalue weighted by molar-refractivity contribution is 0.0210. The zero-order valence-corrected chi connectivity index (χ0v) is 8.99. The average molecular weight is 223 g/mol. The van der Waals surface area contributed by atoms with Crippen molar-refractivity contribution in [3.63, 3.8) is 0 Å². The van der Waals surface area contributed by atoms with E-state index in [1.165, 1.54) is 18.7 Å². The van der Waals surface area contributed by atoms with Crippen molar-refractivity contribution < 1.29 is 13.9 Å². The van der Waals surface area contributed by atoms with Crippen molar-refractivity contribution >= 4 is 5.97 Å². The number of halogens is 1. The highest BCUT2D eigenvalue weighted by Gasteiger charge is 2.18. The molecular weight excluding hydrogens is 209 g/mol. The fraction of sp³-hybridized carbons (Fsp3) is 0.500. The molecule has 0 atom stereocenters. The molecule has 1 heterocycles. The molecule has 0 radical (unpaired) electrons. The van der Waals surface area contributed by atoms with Gasteiger partial charge in [0.05, 0.1) is 5.56 Å². The van der Waals surface area contributed by atoms with Crippen LogP contribution in [0, 0.1) is 5.95 Å². The molecule has 3 nitrogen and oxygen atoms in total. The van der Waals surface area contributed by atoms with Gasteiger partial charge >= 0.3 is 5.97 Å². The van der Waals surface area contributed by atoms with Crippen LogP contribution in [0.4, 0.5) is 4.39 Å². The SMILES string of the molecule is O=C(OC1CCCCC1)c1ccnc(F)c1. The molecule has 1 saturated carbocycles. The predicted molar refractivity (Wildman–Crippen MR) is 56.5 cm³/mol. The molecule has 4 heteroatoms.